The lowest BCUT2D eigenvalue weighted by atomic mass is 10.2. The zero-order chi connectivity index (χ0) is 29.8. The second-order valence-corrected chi connectivity index (χ2v) is 11.0. The fraction of sp³-hybridized carbons (Fsp3) is 0.667. The fourth-order valence-electron chi connectivity index (χ4n) is 3.78. The van der Waals surface area contributed by atoms with Crippen LogP contribution in [0, 0.1) is 0 Å². The number of aromatic carboxylic acids is 1. The molecule has 16 nitrogen and oxygen atoms in total. The zero-order valence-corrected chi connectivity index (χ0v) is 23.8. The molecule has 0 saturated carbocycles. The highest BCUT2D eigenvalue weighted by Gasteiger charge is 2.31. The average molecular weight is 565 g/mol. The van der Waals surface area contributed by atoms with Gasteiger partial charge in [-0.15, -0.1) is 20.4 Å². The summed E-state index contributed by atoms with van der Waals surface area (Å²) in [6.07, 6.45) is -0.826. The molecule has 0 spiro atoms. The predicted octanol–water partition coefficient (Wildman–Crippen LogP) is 1.93. The van der Waals surface area contributed by atoms with E-state index in [2.05, 4.69) is 20.4 Å². The monoisotopic (exact) mass is 564 g/mol. The number of ether oxygens (including phenoxy) is 3. The van der Waals surface area contributed by atoms with E-state index < -0.39 is 35.3 Å². The van der Waals surface area contributed by atoms with E-state index in [1.807, 2.05) is 20.8 Å². The number of esters is 1. The van der Waals surface area contributed by atoms with Gasteiger partial charge < -0.3 is 28.5 Å². The zero-order valence-electron chi connectivity index (χ0n) is 23.8. The number of carboxylic acids is 1. The maximum Gasteiger partial charge on any atom is 0.410 e. The van der Waals surface area contributed by atoms with E-state index in [4.69, 9.17) is 19.3 Å². The summed E-state index contributed by atoms with van der Waals surface area (Å²) in [5.41, 5.74) is -1.10. The van der Waals surface area contributed by atoms with Crippen molar-refractivity contribution in [2.75, 3.05) is 19.7 Å². The molecule has 220 valence electrons. The van der Waals surface area contributed by atoms with Crippen LogP contribution in [0.3, 0.4) is 0 Å². The highest BCUT2D eigenvalue weighted by atomic mass is 16.6. The second kappa shape index (κ2) is 11.9. The lowest BCUT2D eigenvalue weighted by Crippen LogP contribution is -2.42. The molecule has 2 amide bonds. The Balaban J connectivity index is 0.000000222. The van der Waals surface area contributed by atoms with Crippen molar-refractivity contribution >= 4 is 24.1 Å². The minimum atomic E-state index is -1.12. The number of fused-ring (bicyclic) bond motifs is 2. The van der Waals surface area contributed by atoms with Crippen molar-refractivity contribution in [1.82, 2.24) is 39.3 Å². The summed E-state index contributed by atoms with van der Waals surface area (Å²) < 4.78 is 18.7. The molecule has 0 unspecified atom stereocenters. The van der Waals surface area contributed by atoms with Gasteiger partial charge in [0.25, 0.3) is 0 Å². The minimum Gasteiger partial charge on any atom is -0.475 e. The molecule has 0 saturated heterocycles. The fourth-order valence-corrected chi connectivity index (χ4v) is 3.78. The first kappa shape index (κ1) is 30.3. The van der Waals surface area contributed by atoms with E-state index in [0.717, 1.165) is 0 Å². The SMILES string of the molecule is CC(C)(C)OC(=O)N1CCn2c(nnc2C(=O)O)C1.CCOC(=O)c1nnc2n1CCN(C(=O)OC(C)(C)C)C2. The smallest absolute Gasteiger partial charge is 0.410 e. The van der Waals surface area contributed by atoms with Gasteiger partial charge in [-0.25, -0.2) is 19.2 Å². The number of carboxylic acid groups (broad SMARTS) is 1. The third-order valence-electron chi connectivity index (χ3n) is 5.46. The van der Waals surface area contributed by atoms with Crippen molar-refractivity contribution in [2.45, 2.75) is 85.8 Å². The van der Waals surface area contributed by atoms with Gasteiger partial charge in [0.2, 0.25) is 11.6 Å². The van der Waals surface area contributed by atoms with Crippen LogP contribution in [0.25, 0.3) is 0 Å². The quantitative estimate of drug-likeness (QED) is 0.423. The lowest BCUT2D eigenvalue weighted by Gasteiger charge is -2.30. The molecule has 2 aromatic rings. The van der Waals surface area contributed by atoms with Crippen molar-refractivity contribution in [3.05, 3.63) is 23.3 Å². The number of amides is 2. The Morgan fingerprint density at radius 3 is 1.55 bits per heavy atom. The van der Waals surface area contributed by atoms with Gasteiger partial charge in [-0.2, -0.15) is 0 Å². The topological polar surface area (TPSA) is 184 Å². The van der Waals surface area contributed by atoms with Crippen LogP contribution in [-0.4, -0.2) is 99.5 Å². The van der Waals surface area contributed by atoms with Gasteiger partial charge in [0.15, 0.2) is 11.6 Å². The Morgan fingerprint density at radius 2 is 1.15 bits per heavy atom. The number of nitrogens with zero attached hydrogens (tertiary/aromatic N) is 8. The molecular formula is C24H36N8O8. The van der Waals surface area contributed by atoms with Gasteiger partial charge in [0.1, 0.15) is 11.2 Å². The van der Waals surface area contributed by atoms with E-state index >= 15 is 0 Å². The normalized spacial score (nSPS) is 14.8. The maximum atomic E-state index is 12.0. The van der Waals surface area contributed by atoms with Crippen LogP contribution in [0.5, 0.6) is 0 Å². The van der Waals surface area contributed by atoms with Crippen LogP contribution < -0.4 is 0 Å². The summed E-state index contributed by atoms with van der Waals surface area (Å²) in [5.74, 6) is -0.536. The molecule has 0 aromatic carbocycles. The summed E-state index contributed by atoms with van der Waals surface area (Å²) in [6.45, 7) is 14.9. The van der Waals surface area contributed by atoms with E-state index in [1.165, 1.54) is 9.47 Å². The molecule has 0 atom stereocenters. The van der Waals surface area contributed by atoms with Crippen molar-refractivity contribution < 1.29 is 38.5 Å². The molecule has 40 heavy (non-hydrogen) atoms. The molecule has 16 heteroatoms. The number of aromatic nitrogens is 6. The van der Waals surface area contributed by atoms with Crippen LogP contribution in [0.15, 0.2) is 0 Å². The molecule has 0 aliphatic carbocycles. The number of hydrogen-bond donors (Lipinski definition) is 1. The molecule has 2 aliphatic rings. The van der Waals surface area contributed by atoms with E-state index in [0.29, 0.717) is 37.8 Å². The van der Waals surface area contributed by atoms with Crippen LogP contribution in [0.4, 0.5) is 9.59 Å². The van der Waals surface area contributed by atoms with E-state index in [9.17, 15) is 19.2 Å². The standard InChI is InChI=1S/C13H20N4O4.C11H16N4O4/c1-5-20-11(18)10-15-14-9-8-16(6-7-17(9)10)12(19)21-13(2,3)4;1-11(2,3)19-10(18)14-4-5-15-7(6-14)12-13-8(15)9(16)17/h5-8H2,1-4H3;4-6H2,1-3H3,(H,16,17). The predicted molar refractivity (Wildman–Crippen MR) is 136 cm³/mol. The molecular weight excluding hydrogens is 528 g/mol. The lowest BCUT2D eigenvalue weighted by molar-refractivity contribution is 0.0183. The highest BCUT2D eigenvalue weighted by molar-refractivity contribution is 5.85. The first-order chi connectivity index (χ1) is 18.6. The van der Waals surface area contributed by atoms with Gasteiger partial charge in [-0.1, -0.05) is 0 Å². The molecule has 2 aliphatic heterocycles. The second-order valence-electron chi connectivity index (χ2n) is 11.0. The van der Waals surface area contributed by atoms with E-state index in [1.54, 1.807) is 37.2 Å². The molecule has 1 N–H and O–H groups in total. The van der Waals surface area contributed by atoms with Crippen LogP contribution in [-0.2, 0) is 40.4 Å². The van der Waals surface area contributed by atoms with Gasteiger partial charge in [-0.05, 0) is 48.5 Å². The molecule has 2 aromatic heterocycles. The third kappa shape index (κ3) is 7.66. The van der Waals surface area contributed by atoms with Gasteiger partial charge in [0.05, 0.1) is 19.7 Å². The van der Waals surface area contributed by atoms with Crippen LogP contribution >= 0.6 is 0 Å². The van der Waals surface area contributed by atoms with Gasteiger partial charge in [-0.3, -0.25) is 9.80 Å². The summed E-state index contributed by atoms with van der Waals surface area (Å²) in [6, 6.07) is 0. The Kier molecular flexibility index (Phi) is 9.00. The first-order valence-electron chi connectivity index (χ1n) is 12.8. The van der Waals surface area contributed by atoms with Crippen molar-refractivity contribution in [3.8, 4) is 0 Å². The molecule has 0 fully saturated rings. The average Bonchev–Trinajstić information content (AvgIpc) is 3.46. The maximum absolute atomic E-state index is 12.0. The first-order valence-corrected chi connectivity index (χ1v) is 12.8. The highest BCUT2D eigenvalue weighted by Crippen LogP contribution is 2.18. The number of hydrogen-bond acceptors (Lipinski definition) is 11. The number of rotatable bonds is 3. The van der Waals surface area contributed by atoms with Crippen LogP contribution in [0.2, 0.25) is 0 Å². The Morgan fingerprint density at radius 1 is 0.725 bits per heavy atom. The van der Waals surface area contributed by atoms with Gasteiger partial charge >= 0.3 is 24.1 Å². The molecule has 0 radical (unpaired) electrons. The molecule has 4 heterocycles. The Bertz CT molecular complexity index is 1260. The molecule has 4 rings (SSSR count). The van der Waals surface area contributed by atoms with Crippen molar-refractivity contribution in [3.63, 3.8) is 0 Å². The summed E-state index contributed by atoms with van der Waals surface area (Å²) >= 11 is 0. The Hall–Kier alpha value is -4.24. The number of carbonyl (C=O) groups excluding carboxylic acids is 3. The summed E-state index contributed by atoms with van der Waals surface area (Å²) in [7, 11) is 0. The summed E-state index contributed by atoms with van der Waals surface area (Å²) in [4.78, 5) is 49.6. The van der Waals surface area contributed by atoms with Crippen LogP contribution in [0.1, 0.15) is 81.4 Å². The minimum absolute atomic E-state index is 0.0983. The van der Waals surface area contributed by atoms with E-state index in [-0.39, 0.29) is 31.3 Å². The van der Waals surface area contributed by atoms with Gasteiger partial charge in [0, 0.05) is 26.2 Å². The third-order valence-corrected chi connectivity index (χ3v) is 5.46. The Labute approximate surface area is 231 Å². The number of carbonyl (C=O) groups is 4. The van der Waals surface area contributed by atoms with Crippen molar-refractivity contribution in [2.24, 2.45) is 0 Å². The van der Waals surface area contributed by atoms with Crippen molar-refractivity contribution in [1.29, 1.82) is 0 Å². The largest absolute Gasteiger partial charge is 0.475 e. The molecule has 0 bridgehead atoms. The summed E-state index contributed by atoms with van der Waals surface area (Å²) in [5, 5.41) is 24.1.